The van der Waals surface area contributed by atoms with Gasteiger partial charge in [0.25, 0.3) is 0 Å². The van der Waals surface area contributed by atoms with Crippen molar-refractivity contribution < 1.29 is 8.78 Å². The minimum absolute atomic E-state index is 0. The number of thioether (sulfide) groups is 1. The van der Waals surface area contributed by atoms with Crippen LogP contribution in [0.1, 0.15) is 14.9 Å². The summed E-state index contributed by atoms with van der Waals surface area (Å²) in [6.07, 6.45) is 0. The molecule has 0 unspecified atom stereocenters. The van der Waals surface area contributed by atoms with Crippen molar-refractivity contribution in [1.29, 1.82) is 5.26 Å². The highest BCUT2D eigenvalue weighted by Crippen LogP contribution is 2.30. The number of hydrogen-bond acceptors (Lipinski definition) is 3. The lowest BCUT2D eigenvalue weighted by Gasteiger charge is -1.99. The Balaban J connectivity index is 0. The summed E-state index contributed by atoms with van der Waals surface area (Å²) in [5.41, 5.74) is 5.46. The van der Waals surface area contributed by atoms with Crippen molar-refractivity contribution in [2.75, 3.05) is 5.73 Å². The van der Waals surface area contributed by atoms with Gasteiger partial charge in [-0.1, -0.05) is 61.3 Å². The molecule has 2 aromatic carbocycles. The molecular formula is C15H14Cl4F2N2S. The lowest BCUT2D eigenvalue weighted by atomic mass is 10.3. The lowest BCUT2D eigenvalue weighted by molar-refractivity contribution is 0.625. The topological polar surface area (TPSA) is 49.8 Å². The molecule has 9 heteroatoms. The Morgan fingerprint density at radius 3 is 1.75 bits per heavy atom. The fourth-order valence-electron chi connectivity index (χ4n) is 1.17. The Morgan fingerprint density at radius 1 is 0.833 bits per heavy atom. The van der Waals surface area contributed by atoms with Gasteiger partial charge in [-0.15, -0.1) is 0 Å². The third-order valence-corrected chi connectivity index (χ3v) is 4.15. The zero-order valence-corrected chi connectivity index (χ0v) is 14.4. The minimum Gasteiger partial charge on any atom is -0.397 e. The molecule has 2 rings (SSSR count). The van der Waals surface area contributed by atoms with Crippen molar-refractivity contribution in [2.45, 2.75) is 19.7 Å². The number of hydrogen-bond donors (Lipinski definition) is 1. The molecule has 0 spiro atoms. The molecular weight excluding hydrogens is 420 g/mol. The molecule has 24 heavy (non-hydrogen) atoms. The fraction of sp³-hybridized carbons (Fsp3) is 0.133. The first-order chi connectivity index (χ1) is 10.3. The third kappa shape index (κ3) is 7.33. The zero-order valence-electron chi connectivity index (χ0n) is 10.5. The van der Waals surface area contributed by atoms with E-state index < -0.39 is 11.6 Å². The third-order valence-electron chi connectivity index (χ3n) is 2.17. The molecule has 0 radical (unpaired) electrons. The summed E-state index contributed by atoms with van der Waals surface area (Å²) >= 11 is 22.8. The highest BCUT2D eigenvalue weighted by molar-refractivity contribution is 8.03. The van der Waals surface area contributed by atoms with Gasteiger partial charge in [0.15, 0.2) is 0 Å². The number of nitrogen functional groups attached to an aromatic ring is 1. The smallest absolute Gasteiger partial charge is 0.143 e. The van der Waals surface area contributed by atoms with Gasteiger partial charge >= 0.3 is 0 Å². The van der Waals surface area contributed by atoms with E-state index in [2.05, 4.69) is 0 Å². The number of benzene rings is 2. The van der Waals surface area contributed by atoms with Crippen LogP contribution < -0.4 is 5.73 Å². The number of nitrogens with two attached hydrogens (primary N) is 1. The largest absolute Gasteiger partial charge is 0.397 e. The van der Waals surface area contributed by atoms with E-state index in [1.54, 1.807) is 5.40 Å². The van der Waals surface area contributed by atoms with Gasteiger partial charge in [-0.2, -0.15) is 5.26 Å². The van der Waals surface area contributed by atoms with Crippen molar-refractivity contribution in [3.63, 3.8) is 0 Å². The lowest BCUT2D eigenvalue weighted by Crippen LogP contribution is -1.87. The van der Waals surface area contributed by atoms with E-state index in [1.807, 2.05) is 0 Å². The minimum atomic E-state index is -0.571. The SMILES string of the molecule is C.C.N#CSc1cc(F)c(Cl)cc1Cl.Nc1cc(F)c(Cl)cc1Cl. The molecule has 0 bridgehead atoms. The zero-order chi connectivity index (χ0) is 16.9. The molecule has 2 nitrogen and oxygen atoms in total. The standard InChI is InChI=1S/C7H2Cl2FNS.C6H4Cl2FN.2CH4/c8-4-1-5(9)7(12-3-11)2-6(4)10;7-3-1-4(8)6(10)2-5(3)9;;/h1-2H;1-2H,10H2;2*1H4. The van der Waals surface area contributed by atoms with Crippen molar-refractivity contribution in [3.05, 3.63) is 56.0 Å². The van der Waals surface area contributed by atoms with Crippen LogP contribution in [-0.2, 0) is 0 Å². The fourth-order valence-corrected chi connectivity index (χ4v) is 2.47. The Bertz CT molecular complexity index is 686. The number of nitriles is 1. The van der Waals surface area contributed by atoms with Gasteiger partial charge in [-0.3, -0.25) is 0 Å². The van der Waals surface area contributed by atoms with E-state index in [0.29, 0.717) is 4.90 Å². The van der Waals surface area contributed by atoms with Gasteiger partial charge in [0, 0.05) is 4.90 Å². The highest BCUT2D eigenvalue weighted by Gasteiger charge is 2.06. The van der Waals surface area contributed by atoms with Gasteiger partial charge in [0.2, 0.25) is 0 Å². The predicted molar refractivity (Wildman–Crippen MR) is 102 cm³/mol. The van der Waals surface area contributed by atoms with Gasteiger partial charge in [0.05, 0.1) is 25.8 Å². The molecule has 0 amide bonds. The number of rotatable bonds is 1. The van der Waals surface area contributed by atoms with Crippen LogP contribution >= 0.6 is 58.2 Å². The Kier molecular flexibility index (Phi) is 12.3. The molecule has 0 saturated carbocycles. The molecule has 0 atom stereocenters. The molecule has 0 aliphatic heterocycles. The maximum atomic E-state index is 12.8. The first-order valence-electron chi connectivity index (χ1n) is 5.36. The van der Waals surface area contributed by atoms with Gasteiger partial charge < -0.3 is 5.73 Å². The second-order valence-corrected chi connectivity index (χ2v) is 6.13. The molecule has 0 aromatic heterocycles. The van der Waals surface area contributed by atoms with E-state index in [-0.39, 0.29) is 40.6 Å². The molecule has 0 saturated heterocycles. The van der Waals surface area contributed by atoms with Crippen LogP contribution in [0.3, 0.4) is 0 Å². The summed E-state index contributed by atoms with van der Waals surface area (Å²) in [7, 11) is 0. The Hall–Kier alpha value is -0.900. The summed E-state index contributed by atoms with van der Waals surface area (Å²) in [6.45, 7) is 0. The Labute approximate surface area is 164 Å². The molecule has 2 aromatic rings. The number of thiocyanates is 1. The van der Waals surface area contributed by atoms with Crippen molar-refractivity contribution in [2.24, 2.45) is 0 Å². The average Bonchev–Trinajstić information content (AvgIpc) is 2.44. The van der Waals surface area contributed by atoms with Crippen molar-refractivity contribution in [3.8, 4) is 5.40 Å². The molecule has 0 aliphatic rings. The van der Waals surface area contributed by atoms with Gasteiger partial charge in [-0.05, 0) is 36.0 Å². The first-order valence-corrected chi connectivity index (χ1v) is 7.69. The summed E-state index contributed by atoms with van der Waals surface area (Å²) in [5, 5.41) is 10.6. The monoisotopic (exact) mass is 432 g/mol. The second-order valence-electron chi connectivity index (χ2n) is 3.68. The van der Waals surface area contributed by atoms with Crippen LogP contribution in [0.4, 0.5) is 14.5 Å². The molecule has 0 fully saturated rings. The summed E-state index contributed by atoms with van der Waals surface area (Å²) in [4.78, 5) is 0.376. The van der Waals surface area contributed by atoms with Crippen LogP contribution in [0.2, 0.25) is 20.1 Å². The number of nitrogens with zero attached hydrogens (tertiary/aromatic N) is 1. The second kappa shape index (κ2) is 11.6. The van der Waals surface area contributed by atoms with E-state index in [4.69, 9.17) is 57.4 Å². The van der Waals surface area contributed by atoms with Gasteiger partial charge in [-0.25, -0.2) is 8.78 Å². The van der Waals surface area contributed by atoms with Gasteiger partial charge in [0.1, 0.15) is 17.0 Å². The van der Waals surface area contributed by atoms with Crippen LogP contribution in [0.5, 0.6) is 0 Å². The first kappa shape index (κ1) is 25.3. The summed E-state index contributed by atoms with van der Waals surface area (Å²) < 4.78 is 25.3. The average molecular weight is 434 g/mol. The summed E-state index contributed by atoms with van der Waals surface area (Å²) in [6, 6.07) is 4.77. The van der Waals surface area contributed by atoms with Crippen LogP contribution in [0.25, 0.3) is 0 Å². The number of anilines is 1. The molecule has 0 aliphatic carbocycles. The highest BCUT2D eigenvalue weighted by atomic mass is 35.5. The quantitative estimate of drug-likeness (QED) is 0.217. The van der Waals surface area contributed by atoms with E-state index >= 15 is 0 Å². The Morgan fingerprint density at radius 2 is 1.29 bits per heavy atom. The van der Waals surface area contributed by atoms with Crippen LogP contribution in [0.15, 0.2) is 29.2 Å². The molecule has 132 valence electrons. The normalized spacial score (nSPS) is 8.88. The predicted octanol–water partition coefficient (Wildman–Crippen LogP) is 7.69. The van der Waals surface area contributed by atoms with E-state index in [9.17, 15) is 8.78 Å². The number of halogens is 6. The van der Waals surface area contributed by atoms with E-state index in [1.165, 1.54) is 12.1 Å². The van der Waals surface area contributed by atoms with Crippen molar-refractivity contribution >= 4 is 63.9 Å². The van der Waals surface area contributed by atoms with Crippen LogP contribution in [0, 0.1) is 22.3 Å². The van der Waals surface area contributed by atoms with E-state index in [0.717, 1.165) is 23.9 Å². The van der Waals surface area contributed by atoms with Crippen molar-refractivity contribution in [1.82, 2.24) is 0 Å². The molecule has 2 N–H and O–H groups in total. The summed E-state index contributed by atoms with van der Waals surface area (Å²) in [5.74, 6) is -1.12. The van der Waals surface area contributed by atoms with Crippen LogP contribution in [-0.4, -0.2) is 0 Å². The maximum Gasteiger partial charge on any atom is 0.143 e. The molecule has 0 heterocycles. The maximum absolute atomic E-state index is 12.8.